The Labute approximate surface area is 143 Å². The highest BCUT2D eigenvalue weighted by Crippen LogP contribution is 2.28. The first-order valence-corrected chi connectivity index (χ1v) is 8.43. The molecular weight excluding hydrogens is 326 g/mol. The number of aromatic nitrogens is 3. The van der Waals surface area contributed by atoms with Gasteiger partial charge in [0, 0.05) is 17.5 Å². The Bertz CT molecular complexity index is 862. The average molecular weight is 345 g/mol. The molecule has 0 spiro atoms. The number of hydrogen-bond donors (Lipinski definition) is 1. The van der Waals surface area contributed by atoms with Crippen LogP contribution in [0, 0.1) is 10.1 Å². The minimum Gasteiger partial charge on any atom is -0.354 e. The number of fused-ring (bicyclic) bond motifs is 1. The van der Waals surface area contributed by atoms with Gasteiger partial charge in [0.15, 0.2) is 0 Å². The number of nitrogens with one attached hydrogen (secondary N) is 1. The van der Waals surface area contributed by atoms with Crippen molar-refractivity contribution >= 4 is 27.1 Å². The molecule has 0 fully saturated rings. The molecule has 7 nitrogen and oxygen atoms in total. The average Bonchev–Trinajstić information content (AvgIpc) is 3.05. The summed E-state index contributed by atoms with van der Waals surface area (Å²) in [7, 11) is 0. The Balaban J connectivity index is 1.80. The Kier molecular flexibility index (Phi) is 4.00. The minimum atomic E-state index is -0.387. The van der Waals surface area contributed by atoms with Crippen LogP contribution in [0.1, 0.15) is 45.0 Å². The molecule has 2 heterocycles. The van der Waals surface area contributed by atoms with Gasteiger partial charge in [0.1, 0.15) is 0 Å². The zero-order valence-electron chi connectivity index (χ0n) is 14.0. The Morgan fingerprint density at radius 1 is 1.38 bits per heavy atom. The van der Waals surface area contributed by atoms with E-state index in [1.807, 2.05) is 19.2 Å². The van der Waals surface area contributed by atoms with Gasteiger partial charge in [-0.05, 0) is 12.5 Å². The molecule has 1 atom stereocenters. The molecule has 0 amide bonds. The molecule has 8 heteroatoms. The fraction of sp³-hybridized carbons (Fsp3) is 0.375. The fourth-order valence-corrected chi connectivity index (χ4v) is 3.16. The summed E-state index contributed by atoms with van der Waals surface area (Å²) in [6, 6.07) is 6.52. The van der Waals surface area contributed by atoms with Crippen LogP contribution in [-0.2, 0) is 5.41 Å². The summed E-state index contributed by atoms with van der Waals surface area (Å²) in [5.41, 5.74) is 1.91. The van der Waals surface area contributed by atoms with Gasteiger partial charge in [-0.15, -0.1) is 5.10 Å². The van der Waals surface area contributed by atoms with Crippen molar-refractivity contribution in [3.05, 3.63) is 51.8 Å². The third kappa shape index (κ3) is 3.23. The number of nitrogens with zero attached hydrogens (tertiary/aromatic N) is 4. The van der Waals surface area contributed by atoms with E-state index in [0.717, 1.165) is 21.3 Å². The zero-order valence-corrected chi connectivity index (χ0v) is 14.8. The molecule has 3 aromatic rings. The second-order valence-corrected chi connectivity index (χ2v) is 7.68. The summed E-state index contributed by atoms with van der Waals surface area (Å²) in [5, 5.41) is 19.4. The maximum atomic E-state index is 10.9. The molecule has 0 aliphatic carbocycles. The van der Waals surface area contributed by atoms with E-state index in [4.69, 9.17) is 0 Å². The second-order valence-electron chi connectivity index (χ2n) is 6.73. The number of anilines is 1. The van der Waals surface area contributed by atoms with Crippen LogP contribution in [0.15, 0.2) is 30.5 Å². The van der Waals surface area contributed by atoms with Crippen LogP contribution in [0.2, 0.25) is 0 Å². The summed E-state index contributed by atoms with van der Waals surface area (Å²) in [5.74, 6) is 0. The van der Waals surface area contributed by atoms with Gasteiger partial charge < -0.3 is 5.32 Å². The predicted molar refractivity (Wildman–Crippen MR) is 94.7 cm³/mol. The minimum absolute atomic E-state index is 0.0166. The van der Waals surface area contributed by atoms with E-state index >= 15 is 0 Å². The first-order chi connectivity index (χ1) is 11.2. The molecule has 0 aliphatic heterocycles. The molecule has 1 N–H and O–H groups in total. The molecule has 126 valence electrons. The number of nitro benzene ring substituents is 1. The van der Waals surface area contributed by atoms with E-state index in [2.05, 4.69) is 36.2 Å². The van der Waals surface area contributed by atoms with Crippen molar-refractivity contribution in [1.29, 1.82) is 0 Å². The number of benzene rings is 1. The van der Waals surface area contributed by atoms with E-state index in [0.29, 0.717) is 0 Å². The summed E-state index contributed by atoms with van der Waals surface area (Å²) in [6.45, 7) is 8.29. The SMILES string of the molecule is C[C@@H](Nc1nn2cc(C(C)(C)C)nc2s1)c1cccc([N+](=O)[O-])c1. The van der Waals surface area contributed by atoms with Crippen LogP contribution < -0.4 is 5.32 Å². The summed E-state index contributed by atoms with van der Waals surface area (Å²) in [6.07, 6.45) is 1.94. The highest BCUT2D eigenvalue weighted by atomic mass is 32.1. The highest BCUT2D eigenvalue weighted by Gasteiger charge is 2.20. The van der Waals surface area contributed by atoms with Crippen molar-refractivity contribution in [2.75, 3.05) is 5.32 Å². The molecule has 2 aromatic heterocycles. The first-order valence-electron chi connectivity index (χ1n) is 7.61. The third-order valence-corrected chi connectivity index (χ3v) is 4.59. The van der Waals surface area contributed by atoms with Crippen molar-refractivity contribution in [1.82, 2.24) is 14.6 Å². The Hall–Kier alpha value is -2.48. The lowest BCUT2D eigenvalue weighted by Crippen LogP contribution is -2.11. The number of hydrogen-bond acceptors (Lipinski definition) is 6. The topological polar surface area (TPSA) is 85.4 Å². The van der Waals surface area contributed by atoms with Crippen LogP contribution in [0.3, 0.4) is 0 Å². The molecule has 1 aromatic carbocycles. The van der Waals surface area contributed by atoms with Gasteiger partial charge in [0.05, 0.1) is 22.9 Å². The molecular formula is C16H19N5O2S. The smallest absolute Gasteiger partial charge is 0.269 e. The van der Waals surface area contributed by atoms with Gasteiger partial charge in [0.25, 0.3) is 5.69 Å². The molecule has 0 saturated carbocycles. The normalized spacial score (nSPS) is 13.2. The van der Waals surface area contributed by atoms with Crippen LogP contribution >= 0.6 is 11.3 Å². The van der Waals surface area contributed by atoms with Gasteiger partial charge in [-0.3, -0.25) is 10.1 Å². The quantitative estimate of drug-likeness (QED) is 0.566. The van der Waals surface area contributed by atoms with Crippen molar-refractivity contribution in [3.63, 3.8) is 0 Å². The van der Waals surface area contributed by atoms with Gasteiger partial charge >= 0.3 is 0 Å². The number of nitro groups is 1. The number of non-ortho nitro benzene ring substituents is 1. The summed E-state index contributed by atoms with van der Waals surface area (Å²) in [4.78, 5) is 15.9. The first kappa shape index (κ1) is 16.4. The molecule has 0 bridgehead atoms. The Morgan fingerprint density at radius 2 is 2.12 bits per heavy atom. The summed E-state index contributed by atoms with van der Waals surface area (Å²) >= 11 is 1.46. The van der Waals surface area contributed by atoms with Crippen molar-refractivity contribution in [2.24, 2.45) is 0 Å². The zero-order chi connectivity index (χ0) is 17.5. The monoisotopic (exact) mass is 345 g/mol. The lowest BCUT2D eigenvalue weighted by molar-refractivity contribution is -0.384. The number of imidazole rings is 1. The molecule has 0 aliphatic rings. The van der Waals surface area contributed by atoms with E-state index in [1.54, 1.807) is 16.6 Å². The largest absolute Gasteiger partial charge is 0.354 e. The van der Waals surface area contributed by atoms with Gasteiger partial charge in [-0.2, -0.15) is 0 Å². The van der Waals surface area contributed by atoms with Crippen LogP contribution in [0.5, 0.6) is 0 Å². The van der Waals surface area contributed by atoms with Gasteiger partial charge in [-0.1, -0.05) is 44.2 Å². The molecule has 24 heavy (non-hydrogen) atoms. The lowest BCUT2D eigenvalue weighted by atomic mass is 9.93. The van der Waals surface area contributed by atoms with E-state index in [9.17, 15) is 10.1 Å². The van der Waals surface area contributed by atoms with Crippen molar-refractivity contribution in [3.8, 4) is 0 Å². The standard InChI is InChI=1S/C16H19N5O2S/c1-10(11-6-5-7-12(8-11)21(22)23)17-14-19-20-9-13(16(2,3)4)18-15(20)24-14/h5-10H,1-4H3,(H,17,19)/t10-/m1/s1. The van der Waals surface area contributed by atoms with E-state index in [-0.39, 0.29) is 22.1 Å². The summed E-state index contributed by atoms with van der Waals surface area (Å²) < 4.78 is 1.77. The molecule has 3 rings (SSSR count). The molecule has 0 unspecified atom stereocenters. The van der Waals surface area contributed by atoms with E-state index < -0.39 is 0 Å². The third-order valence-electron chi connectivity index (χ3n) is 3.73. The predicted octanol–water partition coefficient (Wildman–Crippen LogP) is 4.17. The number of rotatable bonds is 4. The maximum absolute atomic E-state index is 10.9. The molecule has 0 radical (unpaired) electrons. The Morgan fingerprint density at radius 3 is 2.75 bits per heavy atom. The second kappa shape index (κ2) is 5.86. The fourth-order valence-electron chi connectivity index (χ4n) is 2.30. The van der Waals surface area contributed by atoms with Gasteiger partial charge in [0.2, 0.25) is 10.1 Å². The molecule has 0 saturated heterocycles. The maximum Gasteiger partial charge on any atom is 0.269 e. The van der Waals surface area contributed by atoms with Gasteiger partial charge in [-0.25, -0.2) is 9.50 Å². The van der Waals surface area contributed by atoms with Crippen LogP contribution in [-0.4, -0.2) is 19.5 Å². The van der Waals surface area contributed by atoms with Crippen LogP contribution in [0.4, 0.5) is 10.8 Å². The van der Waals surface area contributed by atoms with Crippen molar-refractivity contribution < 1.29 is 4.92 Å². The lowest BCUT2D eigenvalue weighted by Gasteiger charge is -2.14. The van der Waals surface area contributed by atoms with E-state index in [1.165, 1.54) is 17.4 Å². The highest BCUT2D eigenvalue weighted by molar-refractivity contribution is 7.20. The van der Waals surface area contributed by atoms with Crippen molar-refractivity contribution in [2.45, 2.75) is 39.2 Å². The van der Waals surface area contributed by atoms with Crippen LogP contribution in [0.25, 0.3) is 4.96 Å².